The zero-order valence-electron chi connectivity index (χ0n) is 12.7. The summed E-state index contributed by atoms with van der Waals surface area (Å²) in [5.41, 5.74) is 0.428. The second-order valence-electron chi connectivity index (χ2n) is 5.89. The van der Waals surface area contributed by atoms with Gasteiger partial charge in [-0.3, -0.25) is 4.98 Å². The van der Waals surface area contributed by atoms with Crippen molar-refractivity contribution in [3.63, 3.8) is 0 Å². The van der Waals surface area contributed by atoms with E-state index in [9.17, 15) is 0 Å². The lowest BCUT2D eigenvalue weighted by atomic mass is 10.1. The van der Waals surface area contributed by atoms with Crippen LogP contribution < -0.4 is 4.98 Å². The first-order valence-electron chi connectivity index (χ1n) is 6.84. The Morgan fingerprint density at radius 1 is 1.00 bits per heavy atom. The molecule has 0 amide bonds. The number of rotatable bonds is 8. The average Bonchev–Trinajstić information content (AvgIpc) is 2.20. The minimum absolute atomic E-state index is 0.0258. The highest BCUT2D eigenvalue weighted by molar-refractivity contribution is 6.66. The van der Waals surface area contributed by atoms with E-state index in [1.807, 2.05) is 0 Å². The third kappa shape index (κ3) is 6.55. The molecule has 0 aromatic heterocycles. The summed E-state index contributed by atoms with van der Waals surface area (Å²) in [7, 11) is -2.30. The van der Waals surface area contributed by atoms with E-state index in [1.165, 1.54) is 0 Å². The van der Waals surface area contributed by atoms with Gasteiger partial charge in [-0.25, -0.2) is 0 Å². The van der Waals surface area contributed by atoms with Crippen LogP contribution >= 0.6 is 0 Å². The first-order chi connectivity index (χ1) is 7.77. The maximum absolute atomic E-state index is 6.12. The largest absolute Gasteiger partial charge is 0.428 e. The Hall–Kier alpha value is 0.0969. The maximum Gasteiger partial charge on any atom is 0.428 e. The highest BCUT2D eigenvalue weighted by atomic mass is 28.4. The molecule has 0 atom stereocenters. The van der Waals surface area contributed by atoms with Gasteiger partial charge in [0.15, 0.2) is 0 Å². The lowest BCUT2D eigenvalue weighted by Crippen LogP contribution is -2.64. The summed E-state index contributed by atoms with van der Waals surface area (Å²) in [6, 6.07) is 0. The van der Waals surface area contributed by atoms with Gasteiger partial charge in [0.25, 0.3) is 0 Å². The summed E-state index contributed by atoms with van der Waals surface area (Å²) < 4.78 is 12.2. The van der Waals surface area contributed by atoms with Gasteiger partial charge in [-0.15, -0.1) is 0 Å². The van der Waals surface area contributed by atoms with Crippen LogP contribution in [0, 0.1) is 0 Å². The molecule has 0 aliphatic heterocycles. The summed E-state index contributed by atoms with van der Waals surface area (Å²) in [4.78, 5) is 3.63. The zero-order chi connectivity index (χ0) is 13.5. The molecule has 0 heterocycles. The predicted octanol–water partition coefficient (Wildman–Crippen LogP) is 3.58. The summed E-state index contributed by atoms with van der Waals surface area (Å²) in [6.07, 6.45) is 2.06. The van der Waals surface area contributed by atoms with Crippen molar-refractivity contribution in [2.24, 2.45) is 0 Å². The van der Waals surface area contributed by atoms with E-state index in [0.29, 0.717) is 5.54 Å². The summed E-state index contributed by atoms with van der Waals surface area (Å²) >= 11 is 0. The summed E-state index contributed by atoms with van der Waals surface area (Å²) in [6.45, 7) is 16.7. The Morgan fingerprint density at radius 3 is 1.65 bits per heavy atom. The van der Waals surface area contributed by atoms with Crippen LogP contribution in [-0.4, -0.2) is 27.5 Å². The smallest absolute Gasteiger partial charge is 0.383 e. The Labute approximate surface area is 109 Å². The van der Waals surface area contributed by atoms with Crippen molar-refractivity contribution in [1.29, 1.82) is 0 Å². The maximum atomic E-state index is 6.12. The topological polar surface area (TPSA) is 30.5 Å². The molecular weight excluding hydrogens is 230 g/mol. The quantitative estimate of drug-likeness (QED) is 0.678. The normalized spacial score (nSPS) is 13.4. The van der Waals surface area contributed by atoms with E-state index in [0.717, 1.165) is 26.1 Å². The summed E-state index contributed by atoms with van der Waals surface area (Å²) in [5, 5.41) is 0. The van der Waals surface area contributed by atoms with Crippen molar-refractivity contribution < 1.29 is 8.85 Å². The monoisotopic (exact) mass is 261 g/mol. The predicted molar refractivity (Wildman–Crippen MR) is 76.2 cm³/mol. The molecule has 0 bridgehead atoms. The van der Waals surface area contributed by atoms with Crippen molar-refractivity contribution >= 4 is 8.72 Å². The Bertz CT molecular complexity index is 194. The highest BCUT2D eigenvalue weighted by Gasteiger charge is 2.44. The van der Waals surface area contributed by atoms with Crippen LogP contribution in [0.3, 0.4) is 0 Å². The molecule has 0 saturated heterocycles. The Kier molecular flexibility index (Phi) is 7.56. The molecule has 104 valence electrons. The minimum Gasteiger partial charge on any atom is -0.383 e. The van der Waals surface area contributed by atoms with E-state index in [-0.39, 0.29) is 5.54 Å². The fourth-order valence-corrected chi connectivity index (χ4v) is 4.86. The average molecular weight is 261 g/mol. The lowest BCUT2D eigenvalue weighted by molar-refractivity contribution is 0.139. The zero-order valence-corrected chi connectivity index (χ0v) is 13.7. The molecule has 0 rings (SSSR count). The fraction of sp³-hybridized carbons (Fsp3) is 1.00. The molecule has 0 saturated carbocycles. The van der Waals surface area contributed by atoms with Crippen LogP contribution in [0.25, 0.3) is 0 Å². The third-order valence-electron chi connectivity index (χ3n) is 2.35. The van der Waals surface area contributed by atoms with Gasteiger partial charge in [-0.1, -0.05) is 27.7 Å². The van der Waals surface area contributed by atoms with Gasteiger partial charge in [0.2, 0.25) is 0 Å². The van der Waals surface area contributed by atoms with Gasteiger partial charge in [0.05, 0.1) is 0 Å². The van der Waals surface area contributed by atoms with Crippen molar-refractivity contribution in [1.82, 2.24) is 4.98 Å². The van der Waals surface area contributed by atoms with Gasteiger partial charge in [-0.05, 0) is 33.6 Å². The number of hydrogen-bond acceptors (Lipinski definition) is 3. The van der Waals surface area contributed by atoms with E-state index < -0.39 is 8.72 Å². The molecule has 0 aromatic carbocycles. The molecular formula is C13H31NO2Si. The fourth-order valence-electron chi connectivity index (χ4n) is 1.62. The van der Waals surface area contributed by atoms with E-state index in [1.54, 1.807) is 0 Å². The van der Waals surface area contributed by atoms with Crippen molar-refractivity contribution in [3.8, 4) is 0 Å². The molecule has 0 aliphatic carbocycles. The SMILES string of the molecule is CCCO[Si](NC(C)(C)C)(OCCC)C(C)C. The second kappa shape index (κ2) is 7.51. The number of hydrogen-bond donors (Lipinski definition) is 1. The standard InChI is InChI=1S/C13H31NO2Si/c1-8-10-15-17(12(3)4,16-11-9-2)14-13(5,6)7/h12,14H,8-11H2,1-7H3. The van der Waals surface area contributed by atoms with Crippen LogP contribution in [0.1, 0.15) is 61.3 Å². The van der Waals surface area contributed by atoms with Gasteiger partial charge < -0.3 is 8.85 Å². The first-order valence-corrected chi connectivity index (χ1v) is 8.74. The molecule has 0 fully saturated rings. The van der Waals surface area contributed by atoms with Crippen molar-refractivity contribution in [2.45, 2.75) is 72.4 Å². The van der Waals surface area contributed by atoms with Gasteiger partial charge in [0, 0.05) is 24.3 Å². The lowest BCUT2D eigenvalue weighted by Gasteiger charge is -2.39. The first kappa shape index (κ1) is 17.1. The van der Waals surface area contributed by atoms with Crippen LogP contribution in [0.15, 0.2) is 0 Å². The van der Waals surface area contributed by atoms with Crippen molar-refractivity contribution in [3.05, 3.63) is 0 Å². The third-order valence-corrected chi connectivity index (χ3v) is 6.24. The second-order valence-corrected chi connectivity index (χ2v) is 9.21. The van der Waals surface area contributed by atoms with E-state index >= 15 is 0 Å². The molecule has 0 spiro atoms. The molecule has 0 unspecified atom stereocenters. The highest BCUT2D eigenvalue weighted by Crippen LogP contribution is 2.24. The molecule has 0 aliphatic rings. The molecule has 1 N–H and O–H groups in total. The van der Waals surface area contributed by atoms with Gasteiger partial charge in [-0.2, -0.15) is 0 Å². The van der Waals surface area contributed by atoms with Crippen LogP contribution in [-0.2, 0) is 8.85 Å². The molecule has 0 aromatic rings. The number of nitrogens with one attached hydrogen (secondary N) is 1. The van der Waals surface area contributed by atoms with Crippen LogP contribution in [0.5, 0.6) is 0 Å². The molecule has 17 heavy (non-hydrogen) atoms. The van der Waals surface area contributed by atoms with Crippen molar-refractivity contribution in [2.75, 3.05) is 13.2 Å². The molecule has 4 heteroatoms. The molecule has 3 nitrogen and oxygen atoms in total. The van der Waals surface area contributed by atoms with E-state index in [2.05, 4.69) is 53.4 Å². The van der Waals surface area contributed by atoms with Gasteiger partial charge in [0.1, 0.15) is 0 Å². The Morgan fingerprint density at radius 2 is 1.41 bits per heavy atom. The van der Waals surface area contributed by atoms with E-state index in [4.69, 9.17) is 8.85 Å². The van der Waals surface area contributed by atoms with Crippen LogP contribution in [0.2, 0.25) is 5.54 Å². The van der Waals surface area contributed by atoms with Crippen LogP contribution in [0.4, 0.5) is 0 Å². The summed E-state index contributed by atoms with van der Waals surface area (Å²) in [5.74, 6) is 0. The Balaban J connectivity index is 4.81. The molecule has 0 radical (unpaired) electrons. The van der Waals surface area contributed by atoms with Gasteiger partial charge >= 0.3 is 8.72 Å². The minimum atomic E-state index is -2.30.